The second-order valence-electron chi connectivity index (χ2n) is 3.60. The standard InChI is InChI=1S/C10H18N2O5/c1-2-3-4-5-11-10(17)12-7(9(15)16)6-8(13)14/h7H,2-6H2,1H3,(H,13,14)(H,15,16)(H2,11,12,17)/t7-/m1/s1. The van der Waals surface area contributed by atoms with E-state index in [1.54, 1.807) is 0 Å². The van der Waals surface area contributed by atoms with Gasteiger partial charge in [-0.1, -0.05) is 19.8 Å². The zero-order valence-corrected chi connectivity index (χ0v) is 9.73. The molecule has 0 aliphatic heterocycles. The van der Waals surface area contributed by atoms with Crippen LogP contribution in [0.4, 0.5) is 4.79 Å². The number of rotatable bonds is 8. The van der Waals surface area contributed by atoms with E-state index in [0.717, 1.165) is 19.3 Å². The highest BCUT2D eigenvalue weighted by molar-refractivity contribution is 5.86. The second kappa shape index (κ2) is 8.37. The maximum atomic E-state index is 11.2. The van der Waals surface area contributed by atoms with Crippen molar-refractivity contribution in [2.75, 3.05) is 6.54 Å². The molecule has 1 atom stereocenters. The van der Waals surface area contributed by atoms with Crippen LogP contribution in [0.25, 0.3) is 0 Å². The van der Waals surface area contributed by atoms with E-state index in [-0.39, 0.29) is 0 Å². The largest absolute Gasteiger partial charge is 0.481 e. The van der Waals surface area contributed by atoms with Crippen LogP contribution in [0.5, 0.6) is 0 Å². The van der Waals surface area contributed by atoms with Crippen molar-refractivity contribution in [2.45, 2.75) is 38.6 Å². The van der Waals surface area contributed by atoms with Crippen LogP contribution < -0.4 is 10.6 Å². The van der Waals surface area contributed by atoms with E-state index in [2.05, 4.69) is 10.6 Å². The molecule has 0 aliphatic carbocycles. The average Bonchev–Trinajstić information content (AvgIpc) is 2.22. The number of carboxylic acids is 2. The number of hydrogen-bond donors (Lipinski definition) is 4. The Balaban J connectivity index is 3.96. The number of nitrogens with one attached hydrogen (secondary N) is 2. The predicted octanol–water partition coefficient (Wildman–Crippen LogP) is 0.404. The molecule has 0 aromatic carbocycles. The van der Waals surface area contributed by atoms with Gasteiger partial charge in [-0.05, 0) is 6.42 Å². The number of hydrogen-bond acceptors (Lipinski definition) is 3. The van der Waals surface area contributed by atoms with Gasteiger partial charge >= 0.3 is 18.0 Å². The topological polar surface area (TPSA) is 116 Å². The summed E-state index contributed by atoms with van der Waals surface area (Å²) in [6, 6.07) is -2.06. The van der Waals surface area contributed by atoms with E-state index < -0.39 is 30.4 Å². The third-order valence-electron chi connectivity index (χ3n) is 2.05. The lowest BCUT2D eigenvalue weighted by Crippen LogP contribution is -2.47. The minimum absolute atomic E-state index is 0.444. The normalized spacial score (nSPS) is 11.6. The smallest absolute Gasteiger partial charge is 0.326 e. The first kappa shape index (κ1) is 15.2. The summed E-state index contributed by atoms with van der Waals surface area (Å²) in [5.74, 6) is -2.64. The molecule has 7 heteroatoms. The molecule has 4 N–H and O–H groups in total. The van der Waals surface area contributed by atoms with Gasteiger partial charge in [0, 0.05) is 6.54 Å². The van der Waals surface area contributed by atoms with E-state index in [0.29, 0.717) is 6.54 Å². The third kappa shape index (κ3) is 8.06. The van der Waals surface area contributed by atoms with Crippen LogP contribution >= 0.6 is 0 Å². The van der Waals surface area contributed by atoms with Crippen molar-refractivity contribution in [3.05, 3.63) is 0 Å². The molecule has 0 spiro atoms. The van der Waals surface area contributed by atoms with Crippen LogP contribution in [0.15, 0.2) is 0 Å². The molecule has 0 saturated heterocycles. The molecule has 0 heterocycles. The fourth-order valence-electron chi connectivity index (χ4n) is 1.16. The minimum Gasteiger partial charge on any atom is -0.481 e. The molecule has 0 bridgehead atoms. The molecule has 0 aromatic heterocycles. The Hall–Kier alpha value is -1.79. The molecule has 0 radical (unpaired) electrons. The summed E-state index contributed by atoms with van der Waals surface area (Å²) in [7, 11) is 0. The molecular weight excluding hydrogens is 228 g/mol. The van der Waals surface area contributed by atoms with Crippen LogP contribution in [-0.2, 0) is 9.59 Å². The number of carbonyl (C=O) groups excluding carboxylic acids is 1. The zero-order valence-electron chi connectivity index (χ0n) is 9.73. The van der Waals surface area contributed by atoms with Gasteiger partial charge in [-0.2, -0.15) is 0 Å². The first-order chi connectivity index (χ1) is 7.97. The van der Waals surface area contributed by atoms with Gasteiger partial charge in [0.05, 0.1) is 6.42 Å². The lowest BCUT2D eigenvalue weighted by atomic mass is 10.2. The summed E-state index contributed by atoms with van der Waals surface area (Å²) in [4.78, 5) is 32.2. The van der Waals surface area contributed by atoms with Gasteiger partial charge in [0.2, 0.25) is 0 Å². The first-order valence-corrected chi connectivity index (χ1v) is 5.46. The van der Waals surface area contributed by atoms with Gasteiger partial charge < -0.3 is 20.8 Å². The lowest BCUT2D eigenvalue weighted by molar-refractivity contribution is -0.145. The van der Waals surface area contributed by atoms with E-state index in [4.69, 9.17) is 10.2 Å². The van der Waals surface area contributed by atoms with Gasteiger partial charge in [0.1, 0.15) is 6.04 Å². The Labute approximate surface area is 99.2 Å². The van der Waals surface area contributed by atoms with Gasteiger partial charge in [-0.3, -0.25) is 4.79 Å². The average molecular weight is 246 g/mol. The maximum Gasteiger partial charge on any atom is 0.326 e. The van der Waals surface area contributed by atoms with Gasteiger partial charge in [-0.25, -0.2) is 9.59 Å². The number of urea groups is 1. The SMILES string of the molecule is CCCCCNC(=O)N[C@H](CC(=O)O)C(=O)O. The van der Waals surface area contributed by atoms with Crippen LogP contribution in [0.1, 0.15) is 32.6 Å². The summed E-state index contributed by atoms with van der Waals surface area (Å²) in [5, 5.41) is 21.7. The van der Waals surface area contributed by atoms with E-state index in [1.807, 2.05) is 6.92 Å². The number of aliphatic carboxylic acids is 2. The van der Waals surface area contributed by atoms with Crippen LogP contribution in [0.3, 0.4) is 0 Å². The summed E-state index contributed by atoms with van der Waals surface area (Å²) < 4.78 is 0. The number of unbranched alkanes of at least 4 members (excludes halogenated alkanes) is 2. The highest BCUT2D eigenvalue weighted by Crippen LogP contribution is 1.94. The fraction of sp³-hybridized carbons (Fsp3) is 0.700. The Morgan fingerprint density at radius 2 is 1.82 bits per heavy atom. The van der Waals surface area contributed by atoms with Crippen molar-refractivity contribution < 1.29 is 24.6 Å². The molecule has 2 amide bonds. The molecule has 0 saturated carbocycles. The molecule has 17 heavy (non-hydrogen) atoms. The first-order valence-electron chi connectivity index (χ1n) is 5.46. The number of amides is 2. The highest BCUT2D eigenvalue weighted by atomic mass is 16.4. The van der Waals surface area contributed by atoms with Crippen molar-refractivity contribution in [3.63, 3.8) is 0 Å². The van der Waals surface area contributed by atoms with Gasteiger partial charge in [0.15, 0.2) is 0 Å². The van der Waals surface area contributed by atoms with Crippen molar-refractivity contribution in [1.82, 2.24) is 10.6 Å². The van der Waals surface area contributed by atoms with Crippen LogP contribution in [0.2, 0.25) is 0 Å². The number of carboxylic acid groups (broad SMARTS) is 2. The van der Waals surface area contributed by atoms with Crippen molar-refractivity contribution in [3.8, 4) is 0 Å². The molecule has 0 unspecified atom stereocenters. The Kier molecular flexibility index (Phi) is 7.49. The third-order valence-corrected chi connectivity index (χ3v) is 2.05. The van der Waals surface area contributed by atoms with Crippen molar-refractivity contribution in [1.29, 1.82) is 0 Å². The van der Waals surface area contributed by atoms with Crippen molar-refractivity contribution in [2.24, 2.45) is 0 Å². The minimum atomic E-state index is -1.40. The summed E-state index contributed by atoms with van der Waals surface area (Å²) in [6.45, 7) is 2.46. The van der Waals surface area contributed by atoms with Crippen LogP contribution in [0, 0.1) is 0 Å². The Bertz CT molecular complexity index is 280. The lowest BCUT2D eigenvalue weighted by Gasteiger charge is -2.13. The molecule has 7 nitrogen and oxygen atoms in total. The molecule has 0 aliphatic rings. The number of carbonyl (C=O) groups is 3. The fourth-order valence-corrected chi connectivity index (χ4v) is 1.16. The van der Waals surface area contributed by atoms with E-state index >= 15 is 0 Å². The summed E-state index contributed by atoms with van der Waals surface area (Å²) in [6.07, 6.45) is 2.15. The predicted molar refractivity (Wildman–Crippen MR) is 59.7 cm³/mol. The molecule has 0 fully saturated rings. The maximum absolute atomic E-state index is 11.2. The summed E-state index contributed by atoms with van der Waals surface area (Å²) >= 11 is 0. The van der Waals surface area contributed by atoms with E-state index in [9.17, 15) is 14.4 Å². The quantitative estimate of drug-likeness (QED) is 0.463. The van der Waals surface area contributed by atoms with Gasteiger partial charge in [-0.15, -0.1) is 0 Å². The molecule has 0 aromatic rings. The Morgan fingerprint density at radius 1 is 1.18 bits per heavy atom. The van der Waals surface area contributed by atoms with Crippen molar-refractivity contribution >= 4 is 18.0 Å². The highest BCUT2D eigenvalue weighted by Gasteiger charge is 2.22. The van der Waals surface area contributed by atoms with Gasteiger partial charge in [0.25, 0.3) is 0 Å². The Morgan fingerprint density at radius 3 is 2.29 bits per heavy atom. The van der Waals surface area contributed by atoms with E-state index in [1.165, 1.54) is 0 Å². The second-order valence-corrected chi connectivity index (χ2v) is 3.60. The molecule has 98 valence electrons. The molecule has 0 rings (SSSR count). The molecular formula is C10H18N2O5. The zero-order chi connectivity index (χ0) is 13.3. The van der Waals surface area contributed by atoms with Crippen LogP contribution in [-0.4, -0.2) is 40.8 Å². The monoisotopic (exact) mass is 246 g/mol. The summed E-state index contributed by atoms with van der Waals surface area (Å²) in [5.41, 5.74) is 0.